The number of rotatable bonds is 4. The molecule has 5 nitrogen and oxygen atoms in total. The summed E-state index contributed by atoms with van der Waals surface area (Å²) in [6, 6.07) is 7.88. The van der Waals surface area contributed by atoms with Crippen molar-refractivity contribution in [2.24, 2.45) is 5.92 Å². The van der Waals surface area contributed by atoms with Crippen LogP contribution in [0.5, 0.6) is 5.75 Å². The van der Waals surface area contributed by atoms with E-state index in [2.05, 4.69) is 15.9 Å². The zero-order chi connectivity index (χ0) is 22.2. The molecule has 0 radical (unpaired) electrons. The van der Waals surface area contributed by atoms with Crippen LogP contribution in [0.1, 0.15) is 36.6 Å². The summed E-state index contributed by atoms with van der Waals surface area (Å²) in [7, 11) is 0. The third kappa shape index (κ3) is 4.45. The summed E-state index contributed by atoms with van der Waals surface area (Å²) in [5, 5.41) is 9.93. The Bertz CT molecular complexity index is 977. The van der Waals surface area contributed by atoms with Gasteiger partial charge in [-0.2, -0.15) is 13.2 Å². The monoisotopic (exact) mass is 485 g/mol. The summed E-state index contributed by atoms with van der Waals surface area (Å²) in [6.45, 7) is 3.20. The Morgan fingerprint density at radius 1 is 1.23 bits per heavy atom. The van der Waals surface area contributed by atoms with E-state index in [4.69, 9.17) is 4.74 Å². The van der Waals surface area contributed by atoms with E-state index in [1.807, 2.05) is 0 Å². The topological polar surface area (TPSA) is 66.8 Å². The van der Waals surface area contributed by atoms with Crippen molar-refractivity contribution >= 4 is 27.8 Å². The number of fused-ring (bicyclic) bond motifs is 1. The normalized spacial score (nSPS) is 19.3. The van der Waals surface area contributed by atoms with Gasteiger partial charge >= 0.3 is 12.1 Å². The van der Waals surface area contributed by atoms with Crippen LogP contribution in [0.15, 0.2) is 46.9 Å². The average Bonchev–Trinajstić information content (AvgIpc) is 2.76. The van der Waals surface area contributed by atoms with Crippen LogP contribution in [0, 0.1) is 5.92 Å². The third-order valence-electron chi connectivity index (χ3n) is 4.81. The molecule has 2 aromatic rings. The number of carbonyl (C=O) groups excluding carboxylic acids is 1. The minimum Gasteiger partial charge on any atom is -0.480 e. The van der Waals surface area contributed by atoms with Crippen LogP contribution in [0.2, 0.25) is 0 Å². The van der Waals surface area contributed by atoms with E-state index in [-0.39, 0.29) is 29.3 Å². The maximum atomic E-state index is 13.2. The smallest absolute Gasteiger partial charge is 0.416 e. The molecule has 2 unspecified atom stereocenters. The minimum absolute atomic E-state index is 0.172. The maximum Gasteiger partial charge on any atom is 0.416 e. The first-order chi connectivity index (χ1) is 14.0. The Kier molecular flexibility index (Phi) is 6.12. The molecule has 0 aromatic heterocycles. The average molecular weight is 486 g/mol. The second kappa shape index (κ2) is 8.29. The molecule has 30 heavy (non-hydrogen) atoms. The van der Waals surface area contributed by atoms with Crippen molar-refractivity contribution in [1.29, 1.82) is 0 Å². The molecular weight excluding hydrogens is 467 g/mol. The highest BCUT2D eigenvalue weighted by Gasteiger charge is 2.42. The van der Waals surface area contributed by atoms with Crippen molar-refractivity contribution in [3.63, 3.8) is 0 Å². The van der Waals surface area contributed by atoms with Gasteiger partial charge in [0, 0.05) is 16.6 Å². The number of nitrogens with zero attached hydrogens (tertiary/aromatic N) is 1. The predicted octanol–water partition coefficient (Wildman–Crippen LogP) is 5.04. The molecule has 2 atom stereocenters. The SMILES string of the molecule is CC(C)C1Oc2ccc(Br)cc2C(C(=O)O)N(Cc2cccc(C(F)(F)F)c2)C1=O. The Labute approximate surface area is 179 Å². The van der Waals surface area contributed by atoms with Gasteiger partial charge < -0.3 is 14.7 Å². The Morgan fingerprint density at radius 3 is 2.53 bits per heavy atom. The van der Waals surface area contributed by atoms with Crippen molar-refractivity contribution in [3.05, 3.63) is 63.6 Å². The second-order valence-corrected chi connectivity index (χ2v) is 8.29. The fourth-order valence-corrected chi connectivity index (χ4v) is 3.76. The third-order valence-corrected chi connectivity index (χ3v) is 5.30. The van der Waals surface area contributed by atoms with Crippen molar-refractivity contribution < 1.29 is 32.6 Å². The zero-order valence-corrected chi connectivity index (χ0v) is 17.7. The van der Waals surface area contributed by atoms with Crippen LogP contribution in [-0.4, -0.2) is 28.0 Å². The maximum absolute atomic E-state index is 13.2. The van der Waals surface area contributed by atoms with Gasteiger partial charge in [-0.3, -0.25) is 4.79 Å². The minimum atomic E-state index is -4.55. The number of amides is 1. The van der Waals surface area contributed by atoms with E-state index in [1.165, 1.54) is 12.1 Å². The first kappa shape index (κ1) is 22.1. The van der Waals surface area contributed by atoms with Gasteiger partial charge in [0.05, 0.1) is 5.56 Å². The number of hydrogen-bond acceptors (Lipinski definition) is 3. The molecule has 0 fully saturated rings. The van der Waals surface area contributed by atoms with Gasteiger partial charge in [0.2, 0.25) is 0 Å². The van der Waals surface area contributed by atoms with Gasteiger partial charge in [0.25, 0.3) is 5.91 Å². The van der Waals surface area contributed by atoms with E-state index in [9.17, 15) is 27.9 Å². The molecule has 0 saturated carbocycles. The largest absolute Gasteiger partial charge is 0.480 e. The molecule has 3 rings (SSSR count). The summed E-state index contributed by atoms with van der Waals surface area (Å²) in [4.78, 5) is 26.5. The molecule has 0 bridgehead atoms. The van der Waals surface area contributed by atoms with Gasteiger partial charge in [0.1, 0.15) is 5.75 Å². The van der Waals surface area contributed by atoms with Crippen LogP contribution in [-0.2, 0) is 22.3 Å². The number of halogens is 4. The molecule has 0 aliphatic carbocycles. The lowest BCUT2D eigenvalue weighted by atomic mass is 10.0. The van der Waals surface area contributed by atoms with Gasteiger partial charge in [-0.15, -0.1) is 0 Å². The van der Waals surface area contributed by atoms with Gasteiger partial charge in [-0.25, -0.2) is 4.79 Å². The quantitative estimate of drug-likeness (QED) is 0.658. The molecule has 1 N–H and O–H groups in total. The zero-order valence-electron chi connectivity index (χ0n) is 16.1. The van der Waals surface area contributed by atoms with Gasteiger partial charge in [0.15, 0.2) is 12.1 Å². The van der Waals surface area contributed by atoms with E-state index in [0.717, 1.165) is 17.0 Å². The van der Waals surface area contributed by atoms with E-state index in [1.54, 1.807) is 32.0 Å². The van der Waals surface area contributed by atoms with Crippen molar-refractivity contribution in [3.8, 4) is 5.75 Å². The molecule has 2 aromatic carbocycles. The van der Waals surface area contributed by atoms with Crippen LogP contribution in [0.3, 0.4) is 0 Å². The lowest BCUT2D eigenvalue weighted by Gasteiger charge is -2.30. The summed E-state index contributed by atoms with van der Waals surface area (Å²) >= 11 is 3.29. The van der Waals surface area contributed by atoms with Crippen molar-refractivity contribution in [2.45, 2.75) is 38.7 Å². The molecule has 0 spiro atoms. The van der Waals surface area contributed by atoms with Crippen LogP contribution in [0.4, 0.5) is 13.2 Å². The summed E-state index contributed by atoms with van der Waals surface area (Å²) < 4.78 is 45.8. The molecule has 9 heteroatoms. The van der Waals surface area contributed by atoms with Crippen LogP contribution >= 0.6 is 15.9 Å². The molecule has 1 amide bonds. The lowest BCUT2D eigenvalue weighted by Crippen LogP contribution is -2.45. The highest BCUT2D eigenvalue weighted by Crippen LogP contribution is 2.38. The molecule has 1 aliphatic heterocycles. The number of carbonyl (C=O) groups is 2. The Hall–Kier alpha value is -2.55. The van der Waals surface area contributed by atoms with Gasteiger partial charge in [-0.1, -0.05) is 41.9 Å². The van der Waals surface area contributed by atoms with Crippen LogP contribution in [0.25, 0.3) is 0 Å². The number of ether oxygens (including phenoxy) is 1. The molecule has 0 saturated heterocycles. The number of carboxylic acids is 1. The molecule has 160 valence electrons. The van der Waals surface area contributed by atoms with Crippen LogP contribution < -0.4 is 4.74 Å². The molecule has 1 aliphatic rings. The van der Waals surface area contributed by atoms with Crippen molar-refractivity contribution in [2.75, 3.05) is 0 Å². The number of alkyl halides is 3. The fraction of sp³-hybridized carbons (Fsp3) is 0.333. The Balaban J connectivity index is 2.11. The highest BCUT2D eigenvalue weighted by atomic mass is 79.9. The van der Waals surface area contributed by atoms with Gasteiger partial charge in [-0.05, 0) is 41.8 Å². The number of carboxylic acid groups (broad SMARTS) is 1. The number of hydrogen-bond donors (Lipinski definition) is 1. The first-order valence-electron chi connectivity index (χ1n) is 9.14. The lowest BCUT2D eigenvalue weighted by molar-refractivity contribution is -0.154. The Morgan fingerprint density at radius 2 is 1.93 bits per heavy atom. The highest BCUT2D eigenvalue weighted by molar-refractivity contribution is 9.10. The second-order valence-electron chi connectivity index (χ2n) is 7.37. The van der Waals surface area contributed by atoms with E-state index < -0.39 is 35.8 Å². The summed E-state index contributed by atoms with van der Waals surface area (Å²) in [5.74, 6) is -1.93. The number of aliphatic carboxylic acids is 1. The molecule has 1 heterocycles. The van der Waals surface area contributed by atoms with E-state index >= 15 is 0 Å². The number of benzene rings is 2. The summed E-state index contributed by atoms with van der Waals surface area (Å²) in [5.41, 5.74) is -0.445. The molecular formula is C21H19BrF3NO4. The first-order valence-corrected chi connectivity index (χ1v) is 9.94. The standard InChI is InChI=1S/C21H19BrF3NO4/c1-11(2)18-19(27)26(10-12-4-3-5-13(8-12)21(23,24)25)17(20(28)29)15-9-14(22)6-7-16(15)30-18/h3-9,11,17-18H,10H2,1-2H3,(H,28,29). The van der Waals surface area contributed by atoms with Crippen molar-refractivity contribution in [1.82, 2.24) is 4.90 Å². The fourth-order valence-electron chi connectivity index (χ4n) is 3.39. The van der Waals surface area contributed by atoms with E-state index in [0.29, 0.717) is 4.47 Å². The summed E-state index contributed by atoms with van der Waals surface area (Å²) in [6.07, 6.45) is -5.52. The predicted molar refractivity (Wildman–Crippen MR) is 106 cm³/mol.